The molecule has 0 spiro atoms. The minimum Gasteiger partial charge on any atom is -0.0996 e. The molecule has 0 radical (unpaired) electrons. The standard InChI is InChI=1S/C16H30/c1-5-9-13(4)15(7-3)12-16-11-8-10-14(16)6-2/h14-16H,4-12H2,1-3H3. The molecular weight excluding hydrogens is 192 g/mol. The first-order valence-electron chi connectivity index (χ1n) is 7.40. The zero-order chi connectivity index (χ0) is 12.0. The minimum atomic E-state index is 0.803. The van der Waals surface area contributed by atoms with Crippen LogP contribution < -0.4 is 0 Å². The Morgan fingerprint density at radius 1 is 1.19 bits per heavy atom. The van der Waals surface area contributed by atoms with Crippen LogP contribution in [0.2, 0.25) is 0 Å². The van der Waals surface area contributed by atoms with Gasteiger partial charge in [-0.25, -0.2) is 0 Å². The number of allylic oxidation sites excluding steroid dienone is 1. The predicted molar refractivity (Wildman–Crippen MR) is 73.6 cm³/mol. The highest BCUT2D eigenvalue weighted by atomic mass is 14.3. The molecule has 1 fully saturated rings. The average Bonchev–Trinajstić information content (AvgIpc) is 2.73. The Balaban J connectivity index is 2.45. The molecule has 94 valence electrons. The van der Waals surface area contributed by atoms with Gasteiger partial charge in [0.15, 0.2) is 0 Å². The van der Waals surface area contributed by atoms with Crippen LogP contribution in [0.1, 0.15) is 72.1 Å². The molecule has 3 atom stereocenters. The van der Waals surface area contributed by atoms with E-state index in [0.29, 0.717) is 0 Å². The van der Waals surface area contributed by atoms with E-state index in [9.17, 15) is 0 Å². The zero-order valence-corrected chi connectivity index (χ0v) is 11.6. The maximum atomic E-state index is 4.31. The largest absolute Gasteiger partial charge is 0.0996 e. The molecule has 0 aliphatic heterocycles. The predicted octanol–water partition coefficient (Wildman–Crippen LogP) is 5.59. The molecule has 1 aliphatic rings. The van der Waals surface area contributed by atoms with E-state index in [0.717, 1.165) is 17.8 Å². The second-order valence-electron chi connectivity index (χ2n) is 5.61. The van der Waals surface area contributed by atoms with Crippen LogP contribution in [0.5, 0.6) is 0 Å². The molecule has 0 bridgehead atoms. The summed E-state index contributed by atoms with van der Waals surface area (Å²) >= 11 is 0. The van der Waals surface area contributed by atoms with Crippen LogP contribution in [0.3, 0.4) is 0 Å². The Hall–Kier alpha value is -0.260. The topological polar surface area (TPSA) is 0 Å². The van der Waals surface area contributed by atoms with E-state index in [1.165, 1.54) is 56.9 Å². The fraction of sp³-hybridized carbons (Fsp3) is 0.875. The normalized spacial score (nSPS) is 26.9. The first-order valence-corrected chi connectivity index (χ1v) is 7.40. The summed E-state index contributed by atoms with van der Waals surface area (Å²) in [5.74, 6) is 2.82. The van der Waals surface area contributed by atoms with Crippen molar-refractivity contribution in [3.63, 3.8) is 0 Å². The summed E-state index contributed by atoms with van der Waals surface area (Å²) in [7, 11) is 0. The lowest BCUT2D eigenvalue weighted by Gasteiger charge is -2.25. The van der Waals surface area contributed by atoms with Gasteiger partial charge in [-0.1, -0.05) is 65.0 Å². The van der Waals surface area contributed by atoms with Crippen molar-refractivity contribution in [3.05, 3.63) is 12.2 Å². The SMILES string of the molecule is C=C(CCC)C(CC)CC1CCCC1CC. The first kappa shape index (κ1) is 13.8. The molecule has 0 amide bonds. The molecule has 0 heterocycles. The van der Waals surface area contributed by atoms with Gasteiger partial charge in [0.2, 0.25) is 0 Å². The summed E-state index contributed by atoms with van der Waals surface area (Å²) < 4.78 is 0. The Labute approximate surface area is 103 Å². The van der Waals surface area contributed by atoms with Gasteiger partial charge in [0.25, 0.3) is 0 Å². The molecular formula is C16H30. The van der Waals surface area contributed by atoms with Crippen molar-refractivity contribution in [2.75, 3.05) is 0 Å². The summed E-state index contributed by atoms with van der Waals surface area (Å²) in [4.78, 5) is 0. The van der Waals surface area contributed by atoms with E-state index in [4.69, 9.17) is 0 Å². The van der Waals surface area contributed by atoms with Gasteiger partial charge in [0, 0.05) is 0 Å². The van der Waals surface area contributed by atoms with Crippen LogP contribution in [-0.2, 0) is 0 Å². The Kier molecular flexibility index (Phi) is 6.16. The third-order valence-electron chi connectivity index (χ3n) is 4.57. The monoisotopic (exact) mass is 222 g/mol. The van der Waals surface area contributed by atoms with E-state index in [-0.39, 0.29) is 0 Å². The van der Waals surface area contributed by atoms with Crippen LogP contribution in [-0.4, -0.2) is 0 Å². The van der Waals surface area contributed by atoms with Gasteiger partial charge in [-0.15, -0.1) is 0 Å². The van der Waals surface area contributed by atoms with E-state index < -0.39 is 0 Å². The molecule has 0 aromatic rings. The summed E-state index contributed by atoms with van der Waals surface area (Å²) in [6.07, 6.45) is 11.0. The third kappa shape index (κ3) is 3.64. The molecule has 3 unspecified atom stereocenters. The zero-order valence-electron chi connectivity index (χ0n) is 11.6. The van der Waals surface area contributed by atoms with Gasteiger partial charge in [0.1, 0.15) is 0 Å². The third-order valence-corrected chi connectivity index (χ3v) is 4.57. The number of hydrogen-bond acceptors (Lipinski definition) is 0. The summed E-state index contributed by atoms with van der Waals surface area (Å²) in [5.41, 5.74) is 1.52. The molecule has 1 aliphatic carbocycles. The lowest BCUT2D eigenvalue weighted by molar-refractivity contribution is 0.308. The van der Waals surface area contributed by atoms with Gasteiger partial charge >= 0.3 is 0 Å². The van der Waals surface area contributed by atoms with Crippen LogP contribution in [0.4, 0.5) is 0 Å². The van der Waals surface area contributed by atoms with Gasteiger partial charge in [-0.2, -0.15) is 0 Å². The summed E-state index contributed by atoms with van der Waals surface area (Å²) in [6, 6.07) is 0. The highest BCUT2D eigenvalue weighted by Gasteiger charge is 2.28. The molecule has 16 heavy (non-hydrogen) atoms. The lowest BCUT2D eigenvalue weighted by Crippen LogP contribution is -2.14. The fourth-order valence-electron chi connectivity index (χ4n) is 3.47. The maximum Gasteiger partial charge on any atom is -0.0206 e. The molecule has 0 aromatic carbocycles. The van der Waals surface area contributed by atoms with Crippen LogP contribution in [0.15, 0.2) is 12.2 Å². The van der Waals surface area contributed by atoms with Crippen molar-refractivity contribution in [3.8, 4) is 0 Å². The second-order valence-corrected chi connectivity index (χ2v) is 5.61. The molecule has 0 nitrogen and oxygen atoms in total. The van der Waals surface area contributed by atoms with Crippen LogP contribution in [0, 0.1) is 17.8 Å². The van der Waals surface area contributed by atoms with Crippen molar-refractivity contribution in [1.29, 1.82) is 0 Å². The molecule has 1 rings (SSSR count). The number of hydrogen-bond donors (Lipinski definition) is 0. The summed E-state index contributed by atoms with van der Waals surface area (Å²) in [5, 5.41) is 0. The van der Waals surface area contributed by atoms with Crippen molar-refractivity contribution < 1.29 is 0 Å². The highest BCUT2D eigenvalue weighted by molar-refractivity contribution is 5.01. The highest BCUT2D eigenvalue weighted by Crippen LogP contribution is 2.40. The van der Waals surface area contributed by atoms with Gasteiger partial charge in [0.05, 0.1) is 0 Å². The number of rotatable bonds is 7. The van der Waals surface area contributed by atoms with Crippen molar-refractivity contribution >= 4 is 0 Å². The fourth-order valence-corrected chi connectivity index (χ4v) is 3.47. The molecule has 0 N–H and O–H groups in total. The van der Waals surface area contributed by atoms with Crippen LogP contribution >= 0.6 is 0 Å². The summed E-state index contributed by atoms with van der Waals surface area (Å²) in [6.45, 7) is 11.3. The second kappa shape index (κ2) is 7.14. The quantitative estimate of drug-likeness (QED) is 0.493. The lowest BCUT2D eigenvalue weighted by atomic mass is 9.81. The van der Waals surface area contributed by atoms with Gasteiger partial charge in [-0.05, 0) is 37.0 Å². The average molecular weight is 222 g/mol. The maximum absolute atomic E-state index is 4.31. The Bertz CT molecular complexity index is 204. The van der Waals surface area contributed by atoms with Crippen molar-refractivity contribution in [2.24, 2.45) is 17.8 Å². The van der Waals surface area contributed by atoms with Gasteiger partial charge in [-0.3, -0.25) is 0 Å². The van der Waals surface area contributed by atoms with Crippen molar-refractivity contribution in [1.82, 2.24) is 0 Å². The molecule has 0 aromatic heterocycles. The first-order chi connectivity index (χ1) is 7.72. The van der Waals surface area contributed by atoms with Crippen molar-refractivity contribution in [2.45, 2.75) is 72.1 Å². The van der Waals surface area contributed by atoms with Crippen LogP contribution in [0.25, 0.3) is 0 Å². The van der Waals surface area contributed by atoms with E-state index in [1.807, 2.05) is 0 Å². The molecule has 1 saturated carbocycles. The molecule has 0 heteroatoms. The molecule has 0 saturated heterocycles. The smallest absolute Gasteiger partial charge is 0.0206 e. The van der Waals surface area contributed by atoms with E-state index in [2.05, 4.69) is 27.4 Å². The van der Waals surface area contributed by atoms with Gasteiger partial charge < -0.3 is 0 Å². The Morgan fingerprint density at radius 3 is 2.44 bits per heavy atom. The Morgan fingerprint density at radius 2 is 1.88 bits per heavy atom. The minimum absolute atomic E-state index is 0.803. The van der Waals surface area contributed by atoms with E-state index in [1.54, 1.807) is 0 Å². The van der Waals surface area contributed by atoms with E-state index >= 15 is 0 Å².